The van der Waals surface area contributed by atoms with Crippen molar-refractivity contribution in [1.82, 2.24) is 0 Å². The lowest BCUT2D eigenvalue weighted by Crippen LogP contribution is -2.42. The molecule has 1 aliphatic carbocycles. The molecule has 3 nitrogen and oxygen atoms in total. The first kappa shape index (κ1) is 15.1. The molecule has 0 spiro atoms. The lowest BCUT2D eigenvalue weighted by Gasteiger charge is -2.34. The van der Waals surface area contributed by atoms with Crippen LogP contribution in [0.1, 0.15) is 60.3 Å². The summed E-state index contributed by atoms with van der Waals surface area (Å²) < 4.78 is 0. The summed E-state index contributed by atoms with van der Waals surface area (Å²) in [5.41, 5.74) is 0.748. The fourth-order valence-corrected chi connectivity index (χ4v) is 2.62. The summed E-state index contributed by atoms with van der Waals surface area (Å²) in [5.74, 6) is -0.443. The second kappa shape index (κ2) is 5.77. The Kier molecular flexibility index (Phi) is 4.83. The van der Waals surface area contributed by atoms with Gasteiger partial charge in [-0.05, 0) is 32.1 Å². The van der Waals surface area contributed by atoms with Gasteiger partial charge >= 0.3 is 0 Å². The third kappa shape index (κ3) is 3.76. The molecule has 3 heteroatoms. The molecule has 0 heterocycles. The molecule has 0 saturated heterocycles. The summed E-state index contributed by atoms with van der Waals surface area (Å²) in [7, 11) is 0. The van der Waals surface area contributed by atoms with Crippen molar-refractivity contribution < 1.29 is 9.59 Å². The van der Waals surface area contributed by atoms with Gasteiger partial charge in [0, 0.05) is 24.6 Å². The Bertz CT molecular complexity index is 367. The third-order valence-corrected chi connectivity index (χ3v) is 3.21. The molecule has 0 aromatic heterocycles. The molecule has 1 aliphatic rings. The zero-order valence-electron chi connectivity index (χ0n) is 12.2. The minimum atomic E-state index is -0.555. The van der Waals surface area contributed by atoms with Crippen molar-refractivity contribution in [3.8, 4) is 0 Å². The highest BCUT2D eigenvalue weighted by atomic mass is 16.2. The maximum absolute atomic E-state index is 12.2. The van der Waals surface area contributed by atoms with E-state index < -0.39 is 5.92 Å². The number of hydrogen-bond donors (Lipinski definition) is 0. The lowest BCUT2D eigenvalue weighted by atomic mass is 9.69. The zero-order chi connectivity index (χ0) is 13.9. The molecule has 0 aromatic rings. The SMILES string of the molecule is CCCC(=O)C1C(=O)CC(C)(C)CC1=NC(C)C. The normalized spacial score (nSPS) is 25.8. The molecule has 1 unspecified atom stereocenters. The van der Waals surface area contributed by atoms with Crippen molar-refractivity contribution in [3.63, 3.8) is 0 Å². The molecule has 18 heavy (non-hydrogen) atoms. The summed E-state index contributed by atoms with van der Waals surface area (Å²) in [4.78, 5) is 28.9. The van der Waals surface area contributed by atoms with Gasteiger partial charge in [-0.2, -0.15) is 0 Å². The van der Waals surface area contributed by atoms with E-state index in [9.17, 15) is 9.59 Å². The Labute approximate surface area is 110 Å². The number of nitrogens with zero attached hydrogens (tertiary/aromatic N) is 1. The van der Waals surface area contributed by atoms with E-state index in [1.807, 2.05) is 20.8 Å². The van der Waals surface area contributed by atoms with Gasteiger partial charge in [0.05, 0.1) is 0 Å². The Balaban J connectivity index is 3.04. The number of carbonyl (C=O) groups excluding carboxylic acids is 2. The van der Waals surface area contributed by atoms with Crippen LogP contribution in [0.15, 0.2) is 4.99 Å². The smallest absolute Gasteiger partial charge is 0.149 e. The minimum Gasteiger partial charge on any atom is -0.298 e. The molecule has 0 N–H and O–H groups in total. The van der Waals surface area contributed by atoms with Crippen LogP contribution < -0.4 is 0 Å². The summed E-state index contributed by atoms with van der Waals surface area (Å²) in [5, 5.41) is 0. The van der Waals surface area contributed by atoms with E-state index in [2.05, 4.69) is 18.8 Å². The average Bonchev–Trinajstić information content (AvgIpc) is 2.13. The molecule has 0 bridgehead atoms. The Morgan fingerprint density at radius 3 is 2.50 bits per heavy atom. The van der Waals surface area contributed by atoms with Crippen LogP contribution in [0.2, 0.25) is 0 Å². The maximum Gasteiger partial charge on any atom is 0.149 e. The van der Waals surface area contributed by atoms with E-state index in [-0.39, 0.29) is 23.0 Å². The van der Waals surface area contributed by atoms with Crippen molar-refractivity contribution in [2.24, 2.45) is 16.3 Å². The van der Waals surface area contributed by atoms with Gasteiger partial charge in [0.2, 0.25) is 0 Å². The van der Waals surface area contributed by atoms with Gasteiger partial charge in [0.15, 0.2) is 0 Å². The van der Waals surface area contributed by atoms with E-state index in [0.717, 1.165) is 18.6 Å². The number of rotatable bonds is 4. The molecule has 0 radical (unpaired) electrons. The van der Waals surface area contributed by atoms with Crippen molar-refractivity contribution in [3.05, 3.63) is 0 Å². The van der Waals surface area contributed by atoms with Crippen LogP contribution in [-0.2, 0) is 9.59 Å². The first-order chi connectivity index (χ1) is 8.26. The van der Waals surface area contributed by atoms with E-state index in [1.165, 1.54) is 0 Å². The van der Waals surface area contributed by atoms with Crippen molar-refractivity contribution >= 4 is 17.3 Å². The third-order valence-electron chi connectivity index (χ3n) is 3.21. The quantitative estimate of drug-likeness (QED) is 0.720. The predicted octanol–water partition coefficient (Wildman–Crippen LogP) is 3.21. The van der Waals surface area contributed by atoms with Crippen LogP contribution in [-0.4, -0.2) is 23.3 Å². The first-order valence-electron chi connectivity index (χ1n) is 6.89. The number of Topliss-reactive ketones (excluding diaryl/α,β-unsaturated/α-hetero) is 2. The van der Waals surface area contributed by atoms with Crippen molar-refractivity contribution in [2.75, 3.05) is 0 Å². The molecular formula is C15H25NO2. The highest BCUT2D eigenvalue weighted by Gasteiger charge is 2.41. The lowest BCUT2D eigenvalue weighted by molar-refractivity contribution is -0.132. The van der Waals surface area contributed by atoms with Crippen molar-refractivity contribution in [1.29, 1.82) is 0 Å². The molecule has 1 fully saturated rings. The van der Waals surface area contributed by atoms with Gasteiger partial charge in [-0.1, -0.05) is 20.8 Å². The van der Waals surface area contributed by atoms with Crippen LogP contribution >= 0.6 is 0 Å². The topological polar surface area (TPSA) is 46.5 Å². The summed E-state index contributed by atoms with van der Waals surface area (Å²) in [6.45, 7) is 10.1. The van der Waals surface area contributed by atoms with Gasteiger partial charge in [-0.25, -0.2) is 0 Å². The van der Waals surface area contributed by atoms with Gasteiger partial charge in [0.25, 0.3) is 0 Å². The average molecular weight is 251 g/mol. The Morgan fingerprint density at radius 2 is 2.00 bits per heavy atom. The number of ketones is 2. The number of hydrogen-bond acceptors (Lipinski definition) is 3. The van der Waals surface area contributed by atoms with Gasteiger partial charge < -0.3 is 0 Å². The van der Waals surface area contributed by atoms with Crippen LogP contribution in [0.5, 0.6) is 0 Å². The maximum atomic E-state index is 12.2. The highest BCUT2D eigenvalue weighted by Crippen LogP contribution is 2.35. The monoisotopic (exact) mass is 251 g/mol. The van der Waals surface area contributed by atoms with E-state index in [0.29, 0.717) is 12.8 Å². The van der Waals surface area contributed by atoms with Crippen LogP contribution in [0.4, 0.5) is 0 Å². The molecule has 0 aliphatic heterocycles. The molecule has 1 atom stereocenters. The summed E-state index contributed by atoms with van der Waals surface area (Å²) >= 11 is 0. The fraction of sp³-hybridized carbons (Fsp3) is 0.800. The first-order valence-corrected chi connectivity index (χ1v) is 6.89. The summed E-state index contributed by atoms with van der Waals surface area (Å²) in [6, 6.07) is 0.138. The van der Waals surface area contributed by atoms with Gasteiger partial charge in [0.1, 0.15) is 17.5 Å². The fourth-order valence-electron chi connectivity index (χ4n) is 2.62. The van der Waals surface area contributed by atoms with Gasteiger partial charge in [-0.3, -0.25) is 14.6 Å². The molecule has 1 rings (SSSR count). The number of carbonyl (C=O) groups is 2. The zero-order valence-corrected chi connectivity index (χ0v) is 12.2. The van der Waals surface area contributed by atoms with Crippen LogP contribution in [0.25, 0.3) is 0 Å². The second-order valence-corrected chi connectivity index (χ2v) is 6.35. The molecule has 0 aromatic carbocycles. The van der Waals surface area contributed by atoms with Crippen LogP contribution in [0.3, 0.4) is 0 Å². The second-order valence-electron chi connectivity index (χ2n) is 6.35. The summed E-state index contributed by atoms with van der Waals surface area (Å²) in [6.07, 6.45) is 2.52. The van der Waals surface area contributed by atoms with E-state index in [4.69, 9.17) is 0 Å². The molecule has 102 valence electrons. The largest absolute Gasteiger partial charge is 0.298 e. The number of aliphatic imine (C=N–C) groups is 1. The van der Waals surface area contributed by atoms with Crippen LogP contribution in [0, 0.1) is 11.3 Å². The van der Waals surface area contributed by atoms with E-state index >= 15 is 0 Å². The molecular weight excluding hydrogens is 226 g/mol. The predicted molar refractivity (Wildman–Crippen MR) is 74.0 cm³/mol. The standard InChI is InChI=1S/C15H25NO2/c1-6-7-12(17)14-11(16-10(2)3)8-15(4,5)9-13(14)18/h10,14H,6-9H2,1-5H3. The molecule has 0 amide bonds. The van der Waals surface area contributed by atoms with E-state index in [1.54, 1.807) is 0 Å². The minimum absolute atomic E-state index is 0.0531. The van der Waals surface area contributed by atoms with Crippen molar-refractivity contribution in [2.45, 2.75) is 66.3 Å². The Hall–Kier alpha value is -0.990. The highest BCUT2D eigenvalue weighted by molar-refractivity contribution is 6.22. The van der Waals surface area contributed by atoms with Gasteiger partial charge in [-0.15, -0.1) is 0 Å². The Morgan fingerprint density at radius 1 is 1.39 bits per heavy atom. The molecule has 1 saturated carbocycles.